The second kappa shape index (κ2) is 8.48. The van der Waals surface area contributed by atoms with Gasteiger partial charge in [-0.3, -0.25) is 4.90 Å². The molecule has 2 atom stereocenters. The molecule has 1 N–H and O–H groups in total. The lowest BCUT2D eigenvalue weighted by atomic mass is 9.65. The van der Waals surface area contributed by atoms with Crippen LogP contribution in [0.25, 0.3) is 0 Å². The Kier molecular flexibility index (Phi) is 5.55. The van der Waals surface area contributed by atoms with Crippen LogP contribution < -0.4 is 4.74 Å². The van der Waals surface area contributed by atoms with Crippen molar-refractivity contribution in [1.82, 2.24) is 14.5 Å². The lowest BCUT2D eigenvalue weighted by molar-refractivity contribution is -0.155. The third kappa shape index (κ3) is 3.88. The number of hydrogen-bond acceptors (Lipinski definition) is 4. The largest absolute Gasteiger partial charge is 0.497 e. The average Bonchev–Trinajstić information content (AvgIpc) is 3.24. The first-order chi connectivity index (χ1) is 15.2. The maximum Gasteiger partial charge on any atom is 0.141 e. The molecule has 0 spiro atoms. The van der Waals surface area contributed by atoms with E-state index in [1.165, 1.54) is 17.5 Å². The van der Waals surface area contributed by atoms with Gasteiger partial charge in [0.25, 0.3) is 0 Å². The molecule has 1 saturated carbocycles. The molecule has 2 aromatic carbocycles. The summed E-state index contributed by atoms with van der Waals surface area (Å²) >= 11 is 0. The van der Waals surface area contributed by atoms with Gasteiger partial charge in [0.05, 0.1) is 7.11 Å². The van der Waals surface area contributed by atoms with Crippen LogP contribution in [0.15, 0.2) is 67.0 Å². The number of imidazole rings is 1. The van der Waals surface area contributed by atoms with Crippen molar-refractivity contribution in [2.75, 3.05) is 20.2 Å². The molecule has 2 fully saturated rings. The molecule has 31 heavy (non-hydrogen) atoms. The maximum atomic E-state index is 12.1. The molecule has 1 aliphatic heterocycles. The molecule has 1 saturated heterocycles. The number of methoxy groups -OCH3 is 1. The highest BCUT2D eigenvalue weighted by molar-refractivity contribution is 5.27. The van der Waals surface area contributed by atoms with Crippen LogP contribution in [-0.2, 0) is 18.7 Å². The van der Waals surface area contributed by atoms with Crippen LogP contribution in [0.3, 0.4) is 0 Å². The molecule has 2 bridgehead atoms. The van der Waals surface area contributed by atoms with Crippen molar-refractivity contribution in [2.24, 2.45) is 11.8 Å². The molecule has 162 valence electrons. The van der Waals surface area contributed by atoms with E-state index >= 15 is 0 Å². The Morgan fingerprint density at radius 2 is 1.65 bits per heavy atom. The molecule has 5 rings (SSSR count). The minimum Gasteiger partial charge on any atom is -0.497 e. The van der Waals surface area contributed by atoms with Crippen LogP contribution >= 0.6 is 0 Å². The Morgan fingerprint density at radius 1 is 0.968 bits per heavy atom. The van der Waals surface area contributed by atoms with Crippen molar-refractivity contribution in [2.45, 2.75) is 38.0 Å². The summed E-state index contributed by atoms with van der Waals surface area (Å²) in [5, 5.41) is 12.1. The van der Waals surface area contributed by atoms with Gasteiger partial charge in [-0.15, -0.1) is 0 Å². The zero-order valence-electron chi connectivity index (χ0n) is 18.2. The summed E-state index contributed by atoms with van der Waals surface area (Å²) in [6, 6.07) is 18.8. The molecule has 0 amide bonds. The monoisotopic (exact) mass is 417 g/mol. The topological polar surface area (TPSA) is 50.5 Å². The first-order valence-corrected chi connectivity index (χ1v) is 11.3. The van der Waals surface area contributed by atoms with E-state index in [9.17, 15) is 5.11 Å². The number of likely N-dealkylation sites (tertiary alicyclic amines) is 1. The van der Waals surface area contributed by atoms with Gasteiger partial charge in [-0.05, 0) is 36.1 Å². The molecule has 2 aliphatic rings. The number of nitrogens with zero attached hydrogens (tertiary/aromatic N) is 3. The quantitative estimate of drug-likeness (QED) is 0.657. The molecule has 0 unspecified atom stereocenters. The zero-order valence-corrected chi connectivity index (χ0v) is 18.2. The fourth-order valence-electron chi connectivity index (χ4n) is 5.60. The number of ether oxygens (including phenoxy) is 1. The SMILES string of the molecule is COc1ccc(CN2C[C@H]3CCC[C@H](C2)C3(O)c2nccn2Cc2ccccc2)cc1. The van der Waals surface area contributed by atoms with Gasteiger partial charge < -0.3 is 14.4 Å². The zero-order chi connectivity index (χ0) is 21.3. The molecule has 0 radical (unpaired) electrons. The van der Waals surface area contributed by atoms with E-state index in [0.717, 1.165) is 50.6 Å². The number of aromatic nitrogens is 2. The van der Waals surface area contributed by atoms with E-state index in [0.29, 0.717) is 0 Å². The van der Waals surface area contributed by atoms with E-state index in [2.05, 4.69) is 45.9 Å². The standard InChI is InChI=1S/C26H31N3O2/c1-31-24-12-10-21(11-13-24)16-28-18-22-8-5-9-23(19-28)26(22,30)25-27-14-15-29(25)17-20-6-3-2-4-7-20/h2-4,6-7,10-15,22-23,30H,5,8-9,16-19H2,1H3/t22-,23-/m1/s1. The minimum absolute atomic E-state index is 0.204. The summed E-state index contributed by atoms with van der Waals surface area (Å²) in [6.45, 7) is 3.45. The van der Waals surface area contributed by atoms with Crippen molar-refractivity contribution >= 4 is 0 Å². The van der Waals surface area contributed by atoms with Gasteiger partial charge in [0.2, 0.25) is 0 Å². The van der Waals surface area contributed by atoms with Gasteiger partial charge in [-0.25, -0.2) is 4.98 Å². The van der Waals surface area contributed by atoms with E-state index in [1.54, 1.807) is 7.11 Å². The van der Waals surface area contributed by atoms with Crippen molar-refractivity contribution in [3.63, 3.8) is 0 Å². The highest BCUT2D eigenvalue weighted by Gasteiger charge is 2.53. The number of aliphatic hydroxyl groups is 1. The fraction of sp³-hybridized carbons (Fsp3) is 0.423. The summed E-state index contributed by atoms with van der Waals surface area (Å²) in [5.41, 5.74) is 1.66. The molecule has 3 aromatic rings. The van der Waals surface area contributed by atoms with Gasteiger partial charge in [-0.1, -0.05) is 48.9 Å². The maximum absolute atomic E-state index is 12.1. The molecule has 1 aromatic heterocycles. The summed E-state index contributed by atoms with van der Waals surface area (Å²) in [6.07, 6.45) is 7.14. The number of hydrogen-bond donors (Lipinski definition) is 1. The smallest absolute Gasteiger partial charge is 0.141 e. The van der Waals surface area contributed by atoms with Gasteiger partial charge >= 0.3 is 0 Å². The van der Waals surface area contributed by atoms with Crippen molar-refractivity contribution < 1.29 is 9.84 Å². The van der Waals surface area contributed by atoms with Crippen LogP contribution in [0.1, 0.15) is 36.2 Å². The number of fused-ring (bicyclic) bond motifs is 2. The first kappa shape index (κ1) is 20.3. The highest BCUT2D eigenvalue weighted by atomic mass is 16.5. The molecule has 5 heteroatoms. The van der Waals surface area contributed by atoms with E-state index < -0.39 is 5.60 Å². The van der Waals surface area contributed by atoms with E-state index in [4.69, 9.17) is 9.72 Å². The van der Waals surface area contributed by atoms with Crippen molar-refractivity contribution in [3.8, 4) is 5.75 Å². The third-order valence-electron chi connectivity index (χ3n) is 7.14. The van der Waals surface area contributed by atoms with Gasteiger partial charge in [0, 0.05) is 50.4 Å². The first-order valence-electron chi connectivity index (χ1n) is 11.3. The van der Waals surface area contributed by atoms with Gasteiger partial charge in [0.1, 0.15) is 17.2 Å². The predicted octanol–water partition coefficient (Wildman–Crippen LogP) is 4.06. The fourth-order valence-corrected chi connectivity index (χ4v) is 5.60. The normalized spacial score (nSPS) is 26.0. The van der Waals surface area contributed by atoms with Crippen molar-refractivity contribution in [1.29, 1.82) is 0 Å². The Bertz CT molecular complexity index is 985. The van der Waals surface area contributed by atoms with Gasteiger partial charge in [0.15, 0.2) is 0 Å². The molecule has 1 aliphatic carbocycles. The summed E-state index contributed by atoms with van der Waals surface area (Å²) in [4.78, 5) is 7.21. The Morgan fingerprint density at radius 3 is 2.32 bits per heavy atom. The second-order valence-electron chi connectivity index (χ2n) is 9.06. The number of piperidine rings is 1. The molecular formula is C26H31N3O2. The van der Waals surface area contributed by atoms with Crippen LogP contribution in [-0.4, -0.2) is 39.8 Å². The summed E-state index contributed by atoms with van der Waals surface area (Å²) in [7, 11) is 1.70. The van der Waals surface area contributed by atoms with Crippen LogP contribution in [0, 0.1) is 11.8 Å². The Labute approximate surface area is 184 Å². The lowest BCUT2D eigenvalue weighted by Crippen LogP contribution is -2.58. The lowest BCUT2D eigenvalue weighted by Gasteiger charge is -2.52. The highest BCUT2D eigenvalue weighted by Crippen LogP contribution is 2.49. The average molecular weight is 418 g/mol. The molecule has 5 nitrogen and oxygen atoms in total. The van der Waals surface area contributed by atoms with Gasteiger partial charge in [-0.2, -0.15) is 0 Å². The van der Waals surface area contributed by atoms with Crippen LogP contribution in [0.4, 0.5) is 0 Å². The number of benzene rings is 2. The molecule has 2 heterocycles. The van der Waals surface area contributed by atoms with E-state index in [-0.39, 0.29) is 11.8 Å². The minimum atomic E-state index is -0.854. The Hall–Kier alpha value is -2.63. The Balaban J connectivity index is 1.37. The summed E-state index contributed by atoms with van der Waals surface area (Å²) in [5.74, 6) is 2.14. The summed E-state index contributed by atoms with van der Waals surface area (Å²) < 4.78 is 7.44. The molecular weight excluding hydrogens is 386 g/mol. The number of rotatable bonds is 6. The van der Waals surface area contributed by atoms with E-state index in [1.807, 2.05) is 30.6 Å². The van der Waals surface area contributed by atoms with Crippen LogP contribution in [0.2, 0.25) is 0 Å². The van der Waals surface area contributed by atoms with Crippen LogP contribution in [0.5, 0.6) is 5.75 Å². The van der Waals surface area contributed by atoms with Crippen molar-refractivity contribution in [3.05, 3.63) is 83.9 Å². The predicted molar refractivity (Wildman–Crippen MR) is 121 cm³/mol. The third-order valence-corrected chi connectivity index (χ3v) is 7.14. The second-order valence-corrected chi connectivity index (χ2v) is 9.06.